The maximum Gasteiger partial charge on any atom is 0.0546 e. The van der Waals surface area contributed by atoms with Gasteiger partial charge in [0.15, 0.2) is 0 Å². The van der Waals surface area contributed by atoms with E-state index in [-0.39, 0.29) is 5.41 Å². The smallest absolute Gasteiger partial charge is 0.0546 e. The molecule has 0 saturated carbocycles. The maximum absolute atomic E-state index is 2.53. The molecule has 11 rings (SSSR count). The highest BCUT2D eigenvalue weighted by Crippen LogP contribution is 2.56. The Balaban J connectivity index is 1.20. The topological polar surface area (TPSA) is 8.17 Å². The quantitative estimate of drug-likeness (QED) is 0.157. The average Bonchev–Trinajstić information content (AvgIpc) is 3.76. The number of aromatic nitrogens is 1. The Morgan fingerprint density at radius 3 is 1.53 bits per heavy atom. The second kappa shape index (κ2) is 13.9. The predicted molar refractivity (Wildman–Crippen MR) is 249 cm³/mol. The van der Waals surface area contributed by atoms with Gasteiger partial charge in [-0.2, -0.15) is 0 Å². The predicted octanol–water partition coefficient (Wildman–Crippen LogP) is 15.6. The summed E-state index contributed by atoms with van der Waals surface area (Å²) in [6.07, 6.45) is 0. The molecule has 0 atom stereocenters. The van der Waals surface area contributed by atoms with Crippen LogP contribution in [0.3, 0.4) is 0 Å². The lowest BCUT2D eigenvalue weighted by molar-refractivity contribution is 0.661. The molecule has 1 aromatic heterocycles. The van der Waals surface area contributed by atoms with Gasteiger partial charge in [0, 0.05) is 33.1 Å². The molecule has 0 bridgehead atoms. The summed E-state index contributed by atoms with van der Waals surface area (Å²) in [6, 6.07) is 79.9. The van der Waals surface area contributed by atoms with Gasteiger partial charge in [0.25, 0.3) is 0 Å². The summed E-state index contributed by atoms with van der Waals surface area (Å²) in [6.45, 7) is 4.77. The number of benzene rings is 9. The van der Waals surface area contributed by atoms with Crippen LogP contribution in [0.15, 0.2) is 218 Å². The van der Waals surface area contributed by atoms with E-state index in [1.165, 1.54) is 83.1 Å². The van der Waals surface area contributed by atoms with Gasteiger partial charge in [-0.15, -0.1) is 0 Å². The summed E-state index contributed by atoms with van der Waals surface area (Å²) in [7, 11) is 0. The fraction of sp³-hybridized carbons (Fsp3) is 0.0526. The monoisotopic (exact) mass is 754 g/mol. The Morgan fingerprint density at radius 2 is 0.864 bits per heavy atom. The minimum Gasteiger partial charge on any atom is -0.310 e. The van der Waals surface area contributed by atoms with Crippen molar-refractivity contribution in [2.75, 3.05) is 4.90 Å². The molecule has 1 heterocycles. The van der Waals surface area contributed by atoms with E-state index >= 15 is 0 Å². The highest BCUT2D eigenvalue weighted by molar-refractivity contribution is 6.09. The van der Waals surface area contributed by atoms with Crippen LogP contribution in [0.5, 0.6) is 0 Å². The first-order chi connectivity index (χ1) is 29.1. The standard InChI is InChI=1S/C57H42N2/c1-57(2)50-30-14-11-24-45(50)49-29-18-34-54(56(49)57)59(42-37-35-41(36-38-42)58-51-31-15-12-25-46(51)47-26-13-16-32-52(47)58)53-33-17-28-44(40-21-7-4-8-22-40)55(53)48-27-10-9-23-43(48)39-19-5-3-6-20-39/h3-38H,1-2H3. The first-order valence-corrected chi connectivity index (χ1v) is 20.5. The number of fused-ring (bicyclic) bond motifs is 6. The zero-order chi connectivity index (χ0) is 39.5. The fourth-order valence-electron chi connectivity index (χ4n) is 9.80. The third-order valence-electron chi connectivity index (χ3n) is 12.4. The molecular formula is C57H42N2. The lowest BCUT2D eigenvalue weighted by Crippen LogP contribution is -2.21. The SMILES string of the molecule is CC1(C)c2ccccc2-c2cccc(N(c3ccc(-n4c5ccccc5c5ccccc54)cc3)c3cccc(-c4ccccc4)c3-c3ccccc3-c3ccccc3)c21. The van der Waals surface area contributed by atoms with E-state index in [1.807, 2.05) is 0 Å². The molecule has 0 amide bonds. The molecule has 2 heteroatoms. The van der Waals surface area contributed by atoms with Crippen molar-refractivity contribution in [2.45, 2.75) is 19.3 Å². The van der Waals surface area contributed by atoms with E-state index in [4.69, 9.17) is 0 Å². The Hall–Kier alpha value is -7.42. The average molecular weight is 755 g/mol. The molecule has 0 N–H and O–H groups in total. The molecule has 0 fully saturated rings. The zero-order valence-electron chi connectivity index (χ0n) is 33.2. The van der Waals surface area contributed by atoms with Crippen LogP contribution in [0.4, 0.5) is 17.1 Å². The van der Waals surface area contributed by atoms with Crippen LogP contribution >= 0.6 is 0 Å². The maximum atomic E-state index is 2.53. The van der Waals surface area contributed by atoms with E-state index in [9.17, 15) is 0 Å². The van der Waals surface area contributed by atoms with Gasteiger partial charge in [-0.3, -0.25) is 0 Å². The van der Waals surface area contributed by atoms with E-state index in [0.29, 0.717) is 0 Å². The summed E-state index contributed by atoms with van der Waals surface area (Å²) in [4.78, 5) is 2.53. The van der Waals surface area contributed by atoms with Gasteiger partial charge in [-0.05, 0) is 98.6 Å². The van der Waals surface area contributed by atoms with Crippen LogP contribution in [-0.2, 0) is 5.41 Å². The van der Waals surface area contributed by atoms with Gasteiger partial charge in [0.05, 0.1) is 22.4 Å². The molecule has 0 saturated heterocycles. The number of para-hydroxylation sites is 2. The van der Waals surface area contributed by atoms with E-state index in [1.54, 1.807) is 0 Å². The number of hydrogen-bond acceptors (Lipinski definition) is 1. The van der Waals surface area contributed by atoms with Crippen molar-refractivity contribution in [1.29, 1.82) is 0 Å². The normalized spacial score (nSPS) is 12.7. The highest BCUT2D eigenvalue weighted by Gasteiger charge is 2.39. The van der Waals surface area contributed by atoms with Crippen molar-refractivity contribution in [1.82, 2.24) is 4.57 Å². The van der Waals surface area contributed by atoms with Crippen molar-refractivity contribution >= 4 is 38.9 Å². The summed E-state index contributed by atoms with van der Waals surface area (Å²) >= 11 is 0. The van der Waals surface area contributed by atoms with E-state index < -0.39 is 0 Å². The van der Waals surface area contributed by atoms with E-state index in [0.717, 1.165) is 17.1 Å². The first-order valence-electron chi connectivity index (χ1n) is 20.5. The molecule has 2 nitrogen and oxygen atoms in total. The molecule has 59 heavy (non-hydrogen) atoms. The Kier molecular flexibility index (Phi) is 8.20. The minimum atomic E-state index is -0.233. The van der Waals surface area contributed by atoms with Crippen molar-refractivity contribution in [2.24, 2.45) is 0 Å². The second-order valence-electron chi connectivity index (χ2n) is 16.1. The fourth-order valence-corrected chi connectivity index (χ4v) is 9.80. The minimum absolute atomic E-state index is 0.233. The summed E-state index contributed by atoms with van der Waals surface area (Å²) in [5.74, 6) is 0. The van der Waals surface area contributed by atoms with E-state index in [2.05, 4.69) is 242 Å². The molecule has 1 aliphatic rings. The Morgan fingerprint density at radius 1 is 0.373 bits per heavy atom. The van der Waals surface area contributed by atoms with Crippen molar-refractivity contribution in [3.05, 3.63) is 230 Å². The molecule has 0 aliphatic heterocycles. The van der Waals surface area contributed by atoms with Gasteiger partial charge in [0.1, 0.15) is 0 Å². The summed E-state index contributed by atoms with van der Waals surface area (Å²) in [5, 5.41) is 2.52. The third kappa shape index (κ3) is 5.56. The lowest BCUT2D eigenvalue weighted by atomic mass is 9.81. The Bertz CT molecular complexity index is 3120. The molecule has 0 radical (unpaired) electrons. The van der Waals surface area contributed by atoms with Gasteiger partial charge in [-0.25, -0.2) is 0 Å². The summed E-state index contributed by atoms with van der Waals surface area (Å²) in [5.41, 5.74) is 19.1. The van der Waals surface area contributed by atoms with Crippen molar-refractivity contribution < 1.29 is 0 Å². The van der Waals surface area contributed by atoms with Crippen molar-refractivity contribution in [3.8, 4) is 50.2 Å². The second-order valence-corrected chi connectivity index (χ2v) is 16.1. The van der Waals surface area contributed by atoms with Gasteiger partial charge < -0.3 is 9.47 Å². The van der Waals surface area contributed by atoms with Gasteiger partial charge in [-0.1, -0.05) is 184 Å². The molecule has 10 aromatic rings. The van der Waals surface area contributed by atoms with Gasteiger partial charge >= 0.3 is 0 Å². The number of hydrogen-bond donors (Lipinski definition) is 0. The Labute approximate surface area is 345 Å². The van der Waals surface area contributed by atoms with Crippen LogP contribution < -0.4 is 4.90 Å². The first kappa shape index (κ1) is 34.8. The number of rotatable bonds is 7. The molecular weight excluding hydrogens is 713 g/mol. The van der Waals surface area contributed by atoms with Crippen LogP contribution in [-0.4, -0.2) is 4.57 Å². The lowest BCUT2D eigenvalue weighted by Gasteiger charge is -2.34. The third-order valence-corrected chi connectivity index (χ3v) is 12.4. The molecule has 280 valence electrons. The highest BCUT2D eigenvalue weighted by atomic mass is 15.2. The molecule has 0 spiro atoms. The molecule has 1 aliphatic carbocycles. The zero-order valence-corrected chi connectivity index (χ0v) is 33.2. The van der Waals surface area contributed by atoms with Gasteiger partial charge in [0.2, 0.25) is 0 Å². The van der Waals surface area contributed by atoms with Crippen LogP contribution in [0, 0.1) is 0 Å². The molecule has 0 unspecified atom stereocenters. The van der Waals surface area contributed by atoms with Crippen LogP contribution in [0.1, 0.15) is 25.0 Å². The number of anilines is 3. The summed E-state index contributed by atoms with van der Waals surface area (Å²) < 4.78 is 2.40. The number of nitrogens with zero attached hydrogens (tertiary/aromatic N) is 2. The largest absolute Gasteiger partial charge is 0.310 e. The van der Waals surface area contributed by atoms with Crippen molar-refractivity contribution in [3.63, 3.8) is 0 Å². The van der Waals surface area contributed by atoms with Crippen LogP contribution in [0.2, 0.25) is 0 Å². The molecule has 9 aromatic carbocycles. The van der Waals surface area contributed by atoms with Crippen LogP contribution in [0.25, 0.3) is 72.0 Å².